The van der Waals surface area contributed by atoms with Gasteiger partial charge < -0.3 is 4.98 Å². The molecule has 1 aliphatic rings. The molecule has 0 radical (unpaired) electrons. The Hall–Kier alpha value is -2.19. The summed E-state index contributed by atoms with van der Waals surface area (Å²) in [7, 11) is 0. The predicted octanol–water partition coefficient (Wildman–Crippen LogP) is 6.27. The first-order chi connectivity index (χ1) is 13.7. The molecule has 2 heterocycles. The van der Waals surface area contributed by atoms with Crippen LogP contribution in [0.3, 0.4) is 0 Å². The molecule has 8 heteroatoms. The molecular weight excluding hydrogens is 455 g/mol. The lowest BCUT2D eigenvalue weighted by atomic mass is 9.87. The number of nitrogens with one attached hydrogen (secondary N) is 1. The topological polar surface area (TPSA) is 19.0 Å². The predicted molar refractivity (Wildman–Crippen MR) is 105 cm³/mol. The summed E-state index contributed by atoms with van der Waals surface area (Å²) >= 11 is 3.02. The highest BCUT2D eigenvalue weighted by Gasteiger charge is 2.44. The molecule has 0 saturated carbocycles. The molecule has 0 bridgehead atoms. The highest BCUT2D eigenvalue weighted by molar-refractivity contribution is 9.10. The van der Waals surface area contributed by atoms with Gasteiger partial charge >= 0.3 is 6.18 Å². The van der Waals surface area contributed by atoms with Crippen molar-refractivity contribution in [2.24, 2.45) is 0 Å². The second kappa shape index (κ2) is 7.25. The maximum atomic E-state index is 14.9. The maximum Gasteiger partial charge on any atom is 0.401 e. The zero-order valence-electron chi connectivity index (χ0n) is 15.0. The van der Waals surface area contributed by atoms with Crippen molar-refractivity contribution in [2.45, 2.75) is 24.7 Å². The van der Waals surface area contributed by atoms with Crippen molar-refractivity contribution in [3.8, 4) is 0 Å². The Morgan fingerprint density at radius 3 is 2.45 bits per heavy atom. The van der Waals surface area contributed by atoms with Crippen LogP contribution in [0.2, 0.25) is 0 Å². The third-order valence-electron chi connectivity index (χ3n) is 5.24. The highest BCUT2D eigenvalue weighted by atomic mass is 79.9. The Morgan fingerprint density at radius 1 is 1.17 bits per heavy atom. The smallest absolute Gasteiger partial charge is 0.357 e. The van der Waals surface area contributed by atoms with Crippen LogP contribution in [0.5, 0.6) is 0 Å². The van der Waals surface area contributed by atoms with Crippen molar-refractivity contribution in [3.63, 3.8) is 0 Å². The monoisotopic (exact) mass is 470 g/mol. The SMILES string of the molecule is C=C[C@@H]1Cc2c([nH]c3ccccc23)[C@@H](c2c(F)cc(Br)cc2F)N1CC(F)(F)F. The molecule has 1 N–H and O–H groups in total. The van der Waals surface area contributed by atoms with Crippen LogP contribution >= 0.6 is 15.9 Å². The molecule has 29 heavy (non-hydrogen) atoms. The molecule has 0 fully saturated rings. The number of H-pyrrole nitrogens is 1. The Labute approximate surface area is 172 Å². The van der Waals surface area contributed by atoms with Gasteiger partial charge in [-0.05, 0) is 30.2 Å². The molecule has 1 aliphatic heterocycles. The average molecular weight is 471 g/mol. The van der Waals surface area contributed by atoms with Gasteiger partial charge in [0.25, 0.3) is 0 Å². The number of fused-ring (bicyclic) bond motifs is 3. The van der Waals surface area contributed by atoms with Gasteiger partial charge in [-0.15, -0.1) is 6.58 Å². The molecule has 0 amide bonds. The second-order valence-electron chi connectivity index (χ2n) is 7.04. The van der Waals surface area contributed by atoms with Crippen molar-refractivity contribution >= 4 is 26.8 Å². The third-order valence-corrected chi connectivity index (χ3v) is 5.70. The van der Waals surface area contributed by atoms with Crippen LogP contribution in [-0.4, -0.2) is 28.6 Å². The lowest BCUT2D eigenvalue weighted by Crippen LogP contribution is -2.48. The van der Waals surface area contributed by atoms with E-state index in [0.717, 1.165) is 28.0 Å². The van der Waals surface area contributed by atoms with Crippen LogP contribution in [0.1, 0.15) is 22.9 Å². The molecule has 4 rings (SSSR count). The van der Waals surface area contributed by atoms with Gasteiger partial charge in [-0.2, -0.15) is 13.2 Å². The van der Waals surface area contributed by atoms with Crippen molar-refractivity contribution < 1.29 is 22.0 Å². The molecular formula is C21H16BrF5N2. The van der Waals surface area contributed by atoms with Gasteiger partial charge in [0.1, 0.15) is 11.6 Å². The molecule has 2 aromatic carbocycles. The van der Waals surface area contributed by atoms with Crippen LogP contribution in [0.25, 0.3) is 10.9 Å². The number of hydrogen-bond donors (Lipinski definition) is 1. The van der Waals surface area contributed by atoms with Gasteiger partial charge in [-0.3, -0.25) is 4.90 Å². The first-order valence-corrected chi connectivity index (χ1v) is 9.68. The van der Waals surface area contributed by atoms with Gasteiger partial charge in [-0.1, -0.05) is 40.2 Å². The molecule has 0 unspecified atom stereocenters. The molecule has 3 aromatic rings. The minimum atomic E-state index is -4.55. The Bertz CT molecular complexity index is 1070. The minimum absolute atomic E-state index is 0.173. The first kappa shape index (κ1) is 20.1. The summed E-state index contributed by atoms with van der Waals surface area (Å²) < 4.78 is 70.1. The Morgan fingerprint density at radius 2 is 1.83 bits per heavy atom. The van der Waals surface area contributed by atoms with Crippen LogP contribution in [0, 0.1) is 11.6 Å². The van der Waals surface area contributed by atoms with E-state index in [2.05, 4.69) is 27.5 Å². The van der Waals surface area contributed by atoms with E-state index in [4.69, 9.17) is 0 Å². The number of benzene rings is 2. The van der Waals surface area contributed by atoms with Crippen LogP contribution < -0.4 is 0 Å². The van der Waals surface area contributed by atoms with Crippen LogP contribution in [0.15, 0.2) is 53.5 Å². The molecule has 0 aliphatic carbocycles. The van der Waals surface area contributed by atoms with Crippen molar-refractivity contribution in [3.05, 3.63) is 82.0 Å². The van der Waals surface area contributed by atoms with Gasteiger partial charge in [0.05, 0.1) is 12.6 Å². The number of hydrogen-bond acceptors (Lipinski definition) is 1. The van der Waals surface area contributed by atoms with E-state index >= 15 is 0 Å². The number of aromatic nitrogens is 1. The van der Waals surface area contributed by atoms with E-state index in [1.165, 1.54) is 6.08 Å². The Kier molecular flexibility index (Phi) is 5.02. The molecule has 0 saturated heterocycles. The summed E-state index contributed by atoms with van der Waals surface area (Å²) in [6.07, 6.45) is -2.89. The van der Waals surface area contributed by atoms with E-state index in [9.17, 15) is 22.0 Å². The summed E-state index contributed by atoms with van der Waals surface area (Å²) in [5.41, 5.74) is 1.40. The summed E-state index contributed by atoms with van der Waals surface area (Å²) in [5.74, 6) is -1.83. The van der Waals surface area contributed by atoms with Crippen molar-refractivity contribution in [1.29, 1.82) is 0 Å². The third kappa shape index (κ3) is 3.59. The fourth-order valence-corrected chi connectivity index (χ4v) is 4.52. The average Bonchev–Trinajstić information content (AvgIpc) is 2.99. The van der Waals surface area contributed by atoms with E-state index in [-0.39, 0.29) is 10.9 Å². The summed E-state index contributed by atoms with van der Waals surface area (Å²) in [6, 6.07) is 7.34. The lowest BCUT2D eigenvalue weighted by molar-refractivity contribution is -0.154. The molecule has 2 nitrogen and oxygen atoms in total. The maximum absolute atomic E-state index is 14.9. The zero-order chi connectivity index (χ0) is 20.9. The number of aromatic amines is 1. The fraction of sp³-hybridized carbons (Fsp3) is 0.238. The fourth-order valence-electron chi connectivity index (χ4n) is 4.12. The summed E-state index contributed by atoms with van der Waals surface area (Å²) in [5, 5.41) is 0.823. The number of alkyl halides is 3. The minimum Gasteiger partial charge on any atom is -0.357 e. The number of para-hydroxylation sites is 1. The quantitative estimate of drug-likeness (QED) is 0.352. The van der Waals surface area contributed by atoms with Crippen molar-refractivity contribution in [1.82, 2.24) is 9.88 Å². The van der Waals surface area contributed by atoms with Crippen molar-refractivity contribution in [2.75, 3.05) is 6.54 Å². The molecule has 1 aromatic heterocycles. The normalized spacial score (nSPS) is 20.1. The first-order valence-electron chi connectivity index (χ1n) is 8.88. The molecule has 152 valence electrons. The summed E-state index contributed by atoms with van der Waals surface area (Å²) in [6.45, 7) is 2.35. The molecule has 2 atom stereocenters. The van der Waals surface area contributed by atoms with Gasteiger partial charge in [0.15, 0.2) is 0 Å². The van der Waals surface area contributed by atoms with Crippen LogP contribution in [-0.2, 0) is 6.42 Å². The number of rotatable bonds is 3. The zero-order valence-corrected chi connectivity index (χ0v) is 16.6. The number of nitrogens with zero attached hydrogens (tertiary/aromatic N) is 1. The second-order valence-corrected chi connectivity index (χ2v) is 7.96. The van der Waals surface area contributed by atoms with Gasteiger partial charge in [0.2, 0.25) is 0 Å². The van der Waals surface area contributed by atoms with E-state index in [1.54, 1.807) is 12.1 Å². The Balaban J connectivity index is 2.00. The highest BCUT2D eigenvalue weighted by Crippen LogP contribution is 2.44. The standard InChI is InChI=1S/C21H16BrF5N2/c1-2-12-9-14-13-5-3-4-6-17(13)28-19(14)20(29(12)10-21(25,26)27)18-15(23)7-11(22)8-16(18)24/h2-8,12,20,28H,1,9-10H2/t12-,20-/m1/s1. The summed E-state index contributed by atoms with van der Waals surface area (Å²) in [4.78, 5) is 4.16. The largest absolute Gasteiger partial charge is 0.401 e. The van der Waals surface area contributed by atoms with E-state index < -0.39 is 42.0 Å². The van der Waals surface area contributed by atoms with Gasteiger partial charge in [-0.25, -0.2) is 8.78 Å². The molecule has 0 spiro atoms. The van der Waals surface area contributed by atoms with E-state index in [0.29, 0.717) is 11.2 Å². The van der Waals surface area contributed by atoms with Crippen LogP contribution in [0.4, 0.5) is 22.0 Å². The number of halogens is 6. The lowest BCUT2D eigenvalue weighted by Gasteiger charge is -2.41. The van der Waals surface area contributed by atoms with Gasteiger partial charge in [0, 0.05) is 32.7 Å². The van der Waals surface area contributed by atoms with E-state index in [1.807, 2.05) is 12.1 Å².